The standard InChI is InChI=1S/C13H16N2S/c1-9-10(2)15(13(16)14-9)11(3)12-7-5-4-6-8-12/h4-8,11H,1-3H3,(H,14,16)/t11-/m1/s1. The number of aromatic nitrogens is 2. The third-order valence-corrected chi connectivity index (χ3v) is 3.39. The predicted octanol–water partition coefficient (Wildman–Crippen LogP) is 3.77. The normalized spacial score (nSPS) is 12.7. The molecule has 3 heteroatoms. The van der Waals surface area contributed by atoms with Gasteiger partial charge >= 0.3 is 0 Å². The molecule has 0 saturated carbocycles. The lowest BCUT2D eigenvalue weighted by Gasteiger charge is -2.15. The Balaban J connectivity index is 2.50. The fraction of sp³-hybridized carbons (Fsp3) is 0.308. The lowest BCUT2D eigenvalue weighted by atomic mass is 10.1. The van der Waals surface area contributed by atoms with E-state index >= 15 is 0 Å². The van der Waals surface area contributed by atoms with Crippen LogP contribution in [0.1, 0.15) is 29.9 Å². The number of hydrogen-bond acceptors (Lipinski definition) is 1. The number of H-pyrrole nitrogens is 1. The molecule has 1 aromatic heterocycles. The van der Waals surface area contributed by atoms with Gasteiger partial charge in [0, 0.05) is 11.4 Å². The maximum atomic E-state index is 5.34. The Labute approximate surface area is 101 Å². The molecule has 0 spiro atoms. The van der Waals surface area contributed by atoms with Gasteiger partial charge in [-0.3, -0.25) is 0 Å². The van der Waals surface area contributed by atoms with E-state index in [9.17, 15) is 0 Å². The Bertz CT molecular complexity index is 537. The quantitative estimate of drug-likeness (QED) is 0.782. The minimum Gasteiger partial charge on any atom is -0.335 e. The van der Waals surface area contributed by atoms with Gasteiger partial charge in [-0.15, -0.1) is 0 Å². The van der Waals surface area contributed by atoms with Gasteiger partial charge < -0.3 is 9.55 Å². The number of nitrogens with one attached hydrogen (secondary N) is 1. The summed E-state index contributed by atoms with van der Waals surface area (Å²) in [7, 11) is 0. The molecule has 0 radical (unpaired) electrons. The molecule has 2 aromatic rings. The fourth-order valence-corrected chi connectivity index (χ4v) is 2.44. The highest BCUT2D eigenvalue weighted by atomic mass is 32.1. The van der Waals surface area contributed by atoms with E-state index in [4.69, 9.17) is 12.2 Å². The Morgan fingerprint density at radius 3 is 2.31 bits per heavy atom. The molecule has 84 valence electrons. The summed E-state index contributed by atoms with van der Waals surface area (Å²) in [6, 6.07) is 10.7. The highest BCUT2D eigenvalue weighted by Gasteiger charge is 2.12. The van der Waals surface area contributed by atoms with Gasteiger partial charge in [-0.25, -0.2) is 0 Å². The van der Waals surface area contributed by atoms with Crippen molar-refractivity contribution >= 4 is 12.2 Å². The Kier molecular flexibility index (Phi) is 2.97. The van der Waals surface area contributed by atoms with E-state index in [0.29, 0.717) is 0 Å². The number of aryl methyl sites for hydroxylation is 1. The fourth-order valence-electron chi connectivity index (χ4n) is 1.99. The molecule has 0 aliphatic rings. The first-order valence-corrected chi connectivity index (χ1v) is 5.84. The van der Waals surface area contributed by atoms with Crippen molar-refractivity contribution in [3.05, 3.63) is 52.1 Å². The molecule has 0 amide bonds. The molecule has 1 aromatic carbocycles. The summed E-state index contributed by atoms with van der Waals surface area (Å²) in [6.07, 6.45) is 0. The first-order chi connectivity index (χ1) is 7.61. The molecule has 0 fully saturated rings. The number of nitrogens with zero attached hydrogens (tertiary/aromatic N) is 1. The molecule has 0 aliphatic carbocycles. The van der Waals surface area contributed by atoms with Gasteiger partial charge in [0.2, 0.25) is 0 Å². The minimum absolute atomic E-state index is 0.277. The van der Waals surface area contributed by atoms with Gasteiger partial charge in [-0.2, -0.15) is 0 Å². The van der Waals surface area contributed by atoms with Gasteiger partial charge in [0.05, 0.1) is 6.04 Å². The Hall–Kier alpha value is -1.35. The van der Waals surface area contributed by atoms with Crippen molar-refractivity contribution in [3.63, 3.8) is 0 Å². The van der Waals surface area contributed by atoms with Crippen molar-refractivity contribution in [2.24, 2.45) is 0 Å². The summed E-state index contributed by atoms with van der Waals surface area (Å²) in [5.41, 5.74) is 3.63. The summed E-state index contributed by atoms with van der Waals surface area (Å²) >= 11 is 5.34. The van der Waals surface area contributed by atoms with E-state index in [1.54, 1.807) is 0 Å². The zero-order valence-electron chi connectivity index (χ0n) is 9.82. The van der Waals surface area contributed by atoms with E-state index in [0.717, 1.165) is 10.5 Å². The molecule has 0 unspecified atom stereocenters. The number of rotatable bonds is 2. The van der Waals surface area contributed by atoms with Gasteiger partial charge in [-0.05, 0) is 38.6 Å². The number of hydrogen-bond donors (Lipinski definition) is 1. The largest absolute Gasteiger partial charge is 0.335 e. The van der Waals surface area contributed by atoms with E-state index in [1.807, 2.05) is 6.07 Å². The van der Waals surface area contributed by atoms with E-state index < -0.39 is 0 Å². The van der Waals surface area contributed by atoms with Crippen molar-refractivity contribution in [3.8, 4) is 0 Å². The van der Waals surface area contributed by atoms with Crippen LogP contribution in [0.3, 0.4) is 0 Å². The molecule has 1 atom stereocenters. The third-order valence-electron chi connectivity index (χ3n) is 3.09. The number of imidazole rings is 1. The minimum atomic E-state index is 0.277. The van der Waals surface area contributed by atoms with Crippen LogP contribution in [0.25, 0.3) is 0 Å². The Morgan fingerprint density at radius 1 is 1.19 bits per heavy atom. The van der Waals surface area contributed by atoms with Crippen molar-refractivity contribution in [2.75, 3.05) is 0 Å². The molecule has 0 bridgehead atoms. The van der Waals surface area contributed by atoms with Crippen LogP contribution >= 0.6 is 12.2 Å². The molecule has 1 N–H and O–H groups in total. The maximum Gasteiger partial charge on any atom is 0.178 e. The molecule has 0 saturated heterocycles. The van der Waals surface area contributed by atoms with E-state index in [2.05, 4.69) is 54.6 Å². The molecule has 16 heavy (non-hydrogen) atoms. The second-order valence-electron chi connectivity index (χ2n) is 4.10. The van der Waals surface area contributed by atoms with Crippen LogP contribution in [0, 0.1) is 18.6 Å². The van der Waals surface area contributed by atoms with Crippen molar-refractivity contribution < 1.29 is 0 Å². The van der Waals surface area contributed by atoms with Crippen molar-refractivity contribution in [1.82, 2.24) is 9.55 Å². The zero-order chi connectivity index (χ0) is 11.7. The highest BCUT2D eigenvalue weighted by molar-refractivity contribution is 7.71. The lowest BCUT2D eigenvalue weighted by molar-refractivity contribution is 0.614. The number of benzene rings is 1. The van der Waals surface area contributed by atoms with E-state index in [1.165, 1.54) is 11.3 Å². The van der Waals surface area contributed by atoms with Crippen LogP contribution in [0.15, 0.2) is 30.3 Å². The Morgan fingerprint density at radius 2 is 1.81 bits per heavy atom. The first-order valence-electron chi connectivity index (χ1n) is 5.44. The summed E-state index contributed by atoms with van der Waals surface area (Å²) < 4.78 is 2.96. The number of aromatic amines is 1. The van der Waals surface area contributed by atoms with Gasteiger partial charge in [0.15, 0.2) is 4.77 Å². The summed E-state index contributed by atoms with van der Waals surface area (Å²) in [6.45, 7) is 6.33. The van der Waals surface area contributed by atoms with Crippen LogP contribution in [0.5, 0.6) is 0 Å². The maximum absolute atomic E-state index is 5.34. The average Bonchev–Trinajstić information content (AvgIpc) is 2.54. The molecular weight excluding hydrogens is 216 g/mol. The smallest absolute Gasteiger partial charge is 0.178 e. The molecule has 1 heterocycles. The van der Waals surface area contributed by atoms with Crippen LogP contribution in [0.4, 0.5) is 0 Å². The topological polar surface area (TPSA) is 20.7 Å². The SMILES string of the molecule is Cc1[nH]c(=S)n([C@H](C)c2ccccc2)c1C. The van der Waals surface area contributed by atoms with Crippen molar-refractivity contribution in [2.45, 2.75) is 26.8 Å². The summed E-state index contributed by atoms with van der Waals surface area (Å²) in [5, 5.41) is 0. The van der Waals surface area contributed by atoms with Gasteiger partial charge in [-0.1, -0.05) is 30.3 Å². The summed E-state index contributed by atoms with van der Waals surface area (Å²) in [4.78, 5) is 3.20. The second kappa shape index (κ2) is 4.26. The van der Waals surface area contributed by atoms with Gasteiger partial charge in [0.1, 0.15) is 0 Å². The molecular formula is C13H16N2S. The van der Waals surface area contributed by atoms with Crippen LogP contribution in [-0.4, -0.2) is 9.55 Å². The monoisotopic (exact) mass is 232 g/mol. The zero-order valence-corrected chi connectivity index (χ0v) is 10.6. The van der Waals surface area contributed by atoms with Crippen molar-refractivity contribution in [1.29, 1.82) is 0 Å². The van der Waals surface area contributed by atoms with Gasteiger partial charge in [0.25, 0.3) is 0 Å². The average molecular weight is 232 g/mol. The molecule has 2 nitrogen and oxygen atoms in total. The first kappa shape index (κ1) is 11.1. The highest BCUT2D eigenvalue weighted by Crippen LogP contribution is 2.21. The molecule has 0 aliphatic heterocycles. The summed E-state index contributed by atoms with van der Waals surface area (Å²) in [5.74, 6) is 0. The molecule has 2 rings (SSSR count). The third kappa shape index (κ3) is 1.83. The van der Waals surface area contributed by atoms with Crippen LogP contribution in [-0.2, 0) is 0 Å². The van der Waals surface area contributed by atoms with E-state index in [-0.39, 0.29) is 6.04 Å². The van der Waals surface area contributed by atoms with Crippen LogP contribution < -0.4 is 0 Å². The lowest BCUT2D eigenvalue weighted by Crippen LogP contribution is -2.08. The second-order valence-corrected chi connectivity index (χ2v) is 4.48. The predicted molar refractivity (Wildman–Crippen MR) is 69.3 cm³/mol. The van der Waals surface area contributed by atoms with Crippen LogP contribution in [0.2, 0.25) is 0 Å².